The standard InChI is InChI=1S/C21H28N4O2/c26-19(22-15-17-9-6-14-25-13-5-4-10-18(17)25)11-12-20-23-24-21(27-20)16-7-2-1-3-8-16/h1-3,7-8,17-18H,4-6,9-15H2,(H,22,26). The highest BCUT2D eigenvalue weighted by atomic mass is 16.4. The summed E-state index contributed by atoms with van der Waals surface area (Å²) in [5.74, 6) is 1.68. The molecule has 0 saturated carbocycles. The van der Waals surface area contributed by atoms with Gasteiger partial charge < -0.3 is 14.6 Å². The lowest BCUT2D eigenvalue weighted by molar-refractivity contribution is -0.121. The minimum absolute atomic E-state index is 0.0717. The summed E-state index contributed by atoms with van der Waals surface area (Å²) in [7, 11) is 0. The molecule has 2 aliphatic heterocycles. The molecule has 1 aromatic carbocycles. The zero-order valence-corrected chi connectivity index (χ0v) is 15.8. The van der Waals surface area contributed by atoms with Crippen molar-refractivity contribution in [3.8, 4) is 11.5 Å². The third-order valence-electron chi connectivity index (χ3n) is 5.84. The minimum atomic E-state index is 0.0717. The summed E-state index contributed by atoms with van der Waals surface area (Å²) in [6.45, 7) is 3.26. The van der Waals surface area contributed by atoms with Crippen LogP contribution in [0.25, 0.3) is 11.5 Å². The molecule has 144 valence electrons. The fourth-order valence-corrected chi connectivity index (χ4v) is 4.42. The highest BCUT2D eigenvalue weighted by molar-refractivity contribution is 5.76. The van der Waals surface area contributed by atoms with Crippen molar-refractivity contribution in [1.82, 2.24) is 20.4 Å². The van der Waals surface area contributed by atoms with Crippen molar-refractivity contribution < 1.29 is 9.21 Å². The van der Waals surface area contributed by atoms with Crippen LogP contribution in [0.1, 0.15) is 44.4 Å². The SMILES string of the molecule is O=C(CCc1nnc(-c2ccccc2)o1)NCC1CCCN2CCCCC12. The smallest absolute Gasteiger partial charge is 0.247 e. The third-order valence-corrected chi connectivity index (χ3v) is 5.84. The summed E-state index contributed by atoms with van der Waals surface area (Å²) in [5.41, 5.74) is 0.898. The number of hydrogen-bond donors (Lipinski definition) is 1. The second-order valence-corrected chi connectivity index (χ2v) is 7.67. The van der Waals surface area contributed by atoms with Crippen LogP contribution in [-0.2, 0) is 11.2 Å². The van der Waals surface area contributed by atoms with Crippen molar-refractivity contribution in [2.24, 2.45) is 5.92 Å². The maximum atomic E-state index is 12.3. The molecule has 0 spiro atoms. The van der Waals surface area contributed by atoms with Gasteiger partial charge in [-0.1, -0.05) is 24.6 Å². The molecule has 2 atom stereocenters. The van der Waals surface area contributed by atoms with E-state index in [1.807, 2.05) is 30.3 Å². The van der Waals surface area contributed by atoms with Crippen LogP contribution >= 0.6 is 0 Å². The fraction of sp³-hybridized carbons (Fsp3) is 0.571. The van der Waals surface area contributed by atoms with Gasteiger partial charge >= 0.3 is 0 Å². The number of hydrogen-bond acceptors (Lipinski definition) is 5. The van der Waals surface area contributed by atoms with Gasteiger partial charge in [0.05, 0.1) is 0 Å². The molecule has 2 fully saturated rings. The molecule has 0 bridgehead atoms. The van der Waals surface area contributed by atoms with Gasteiger partial charge in [0.1, 0.15) is 0 Å². The van der Waals surface area contributed by atoms with E-state index in [9.17, 15) is 4.79 Å². The number of carbonyl (C=O) groups excluding carboxylic acids is 1. The molecule has 1 N–H and O–H groups in total. The number of nitrogens with zero attached hydrogens (tertiary/aromatic N) is 3. The molecule has 6 nitrogen and oxygen atoms in total. The number of nitrogens with one attached hydrogen (secondary N) is 1. The number of amides is 1. The van der Waals surface area contributed by atoms with E-state index < -0.39 is 0 Å². The minimum Gasteiger partial charge on any atom is -0.421 e. The lowest BCUT2D eigenvalue weighted by Crippen LogP contribution is -2.51. The molecule has 1 amide bonds. The van der Waals surface area contributed by atoms with Gasteiger partial charge in [-0.25, -0.2) is 0 Å². The topological polar surface area (TPSA) is 71.3 Å². The number of carbonyl (C=O) groups is 1. The summed E-state index contributed by atoms with van der Waals surface area (Å²) in [5, 5.41) is 11.3. The first-order chi connectivity index (χ1) is 13.3. The Bertz CT molecular complexity index is 744. The Morgan fingerprint density at radius 2 is 1.96 bits per heavy atom. The van der Waals surface area contributed by atoms with Crippen LogP contribution in [0.2, 0.25) is 0 Å². The van der Waals surface area contributed by atoms with Gasteiger partial charge in [0.15, 0.2) is 0 Å². The molecule has 0 aliphatic carbocycles. The van der Waals surface area contributed by atoms with Crippen molar-refractivity contribution in [2.75, 3.05) is 19.6 Å². The highest BCUT2D eigenvalue weighted by Gasteiger charge is 2.32. The summed E-state index contributed by atoms with van der Waals surface area (Å²) >= 11 is 0. The van der Waals surface area contributed by atoms with Crippen LogP contribution in [0.4, 0.5) is 0 Å². The lowest BCUT2D eigenvalue weighted by atomic mass is 9.83. The van der Waals surface area contributed by atoms with Crippen LogP contribution < -0.4 is 5.32 Å². The van der Waals surface area contributed by atoms with Crippen LogP contribution in [-0.4, -0.2) is 46.7 Å². The first kappa shape index (κ1) is 18.2. The number of aryl methyl sites for hydroxylation is 1. The summed E-state index contributed by atoms with van der Waals surface area (Å²) in [4.78, 5) is 14.9. The van der Waals surface area contributed by atoms with Gasteiger partial charge in [0, 0.05) is 31.0 Å². The van der Waals surface area contributed by atoms with Crippen LogP contribution in [0.5, 0.6) is 0 Å². The molecule has 2 unspecified atom stereocenters. The number of fused-ring (bicyclic) bond motifs is 1. The molecule has 0 radical (unpaired) electrons. The lowest BCUT2D eigenvalue weighted by Gasteiger charge is -2.44. The highest BCUT2D eigenvalue weighted by Crippen LogP contribution is 2.30. The third kappa shape index (κ3) is 4.56. The number of piperidine rings is 2. The maximum Gasteiger partial charge on any atom is 0.247 e. The van der Waals surface area contributed by atoms with E-state index in [2.05, 4.69) is 20.4 Å². The zero-order chi connectivity index (χ0) is 18.5. The Hall–Kier alpha value is -2.21. The van der Waals surface area contributed by atoms with Gasteiger partial charge in [-0.05, 0) is 56.8 Å². The molecule has 6 heteroatoms. The Kier molecular flexibility index (Phi) is 5.82. The Balaban J connectivity index is 1.24. The molecular weight excluding hydrogens is 340 g/mol. The van der Waals surface area contributed by atoms with Crippen molar-refractivity contribution in [3.05, 3.63) is 36.2 Å². The summed E-state index contributed by atoms with van der Waals surface area (Å²) in [6.07, 6.45) is 7.28. The Labute approximate surface area is 160 Å². The Morgan fingerprint density at radius 3 is 2.85 bits per heavy atom. The van der Waals surface area contributed by atoms with Crippen LogP contribution in [0, 0.1) is 5.92 Å². The van der Waals surface area contributed by atoms with Crippen molar-refractivity contribution in [1.29, 1.82) is 0 Å². The second kappa shape index (κ2) is 8.65. The predicted molar refractivity (Wildman–Crippen MR) is 103 cm³/mol. The first-order valence-corrected chi connectivity index (χ1v) is 10.2. The fourth-order valence-electron chi connectivity index (χ4n) is 4.42. The van der Waals surface area contributed by atoms with Crippen LogP contribution in [0.15, 0.2) is 34.7 Å². The average molecular weight is 368 g/mol. The predicted octanol–water partition coefficient (Wildman–Crippen LogP) is 3.05. The van der Waals surface area contributed by atoms with E-state index in [1.165, 1.54) is 45.2 Å². The second-order valence-electron chi connectivity index (χ2n) is 7.67. The van der Waals surface area contributed by atoms with E-state index in [0.29, 0.717) is 36.6 Å². The normalized spacial score (nSPS) is 23.0. The molecule has 1 aromatic heterocycles. The average Bonchev–Trinajstić information content (AvgIpc) is 3.20. The zero-order valence-electron chi connectivity index (χ0n) is 15.8. The number of rotatable bonds is 6. The van der Waals surface area contributed by atoms with E-state index in [0.717, 1.165) is 12.1 Å². The molecule has 2 saturated heterocycles. The largest absolute Gasteiger partial charge is 0.421 e. The van der Waals surface area contributed by atoms with Gasteiger partial charge in [-0.15, -0.1) is 10.2 Å². The molecule has 4 rings (SSSR count). The van der Waals surface area contributed by atoms with Crippen molar-refractivity contribution >= 4 is 5.91 Å². The van der Waals surface area contributed by atoms with E-state index >= 15 is 0 Å². The van der Waals surface area contributed by atoms with Crippen LogP contribution in [0.3, 0.4) is 0 Å². The van der Waals surface area contributed by atoms with E-state index in [4.69, 9.17) is 4.42 Å². The quantitative estimate of drug-likeness (QED) is 0.848. The number of benzene rings is 1. The summed E-state index contributed by atoms with van der Waals surface area (Å²) < 4.78 is 5.68. The van der Waals surface area contributed by atoms with Gasteiger partial charge in [-0.2, -0.15) is 0 Å². The number of aromatic nitrogens is 2. The van der Waals surface area contributed by atoms with Crippen molar-refractivity contribution in [3.63, 3.8) is 0 Å². The Morgan fingerprint density at radius 1 is 1.11 bits per heavy atom. The van der Waals surface area contributed by atoms with E-state index in [1.54, 1.807) is 0 Å². The monoisotopic (exact) mass is 368 g/mol. The van der Waals surface area contributed by atoms with Crippen molar-refractivity contribution in [2.45, 2.75) is 51.0 Å². The molecule has 2 aliphatic rings. The van der Waals surface area contributed by atoms with E-state index in [-0.39, 0.29) is 5.91 Å². The molecule has 27 heavy (non-hydrogen) atoms. The van der Waals surface area contributed by atoms with Gasteiger partial charge in [-0.3, -0.25) is 4.79 Å². The summed E-state index contributed by atoms with van der Waals surface area (Å²) in [6, 6.07) is 10.4. The maximum absolute atomic E-state index is 12.3. The van der Waals surface area contributed by atoms with Gasteiger partial charge in [0.2, 0.25) is 17.7 Å². The van der Waals surface area contributed by atoms with Gasteiger partial charge in [0.25, 0.3) is 0 Å². The molecule has 2 aromatic rings. The first-order valence-electron chi connectivity index (χ1n) is 10.2. The molecular formula is C21H28N4O2. The molecule has 3 heterocycles.